The minimum Gasteiger partial charge on any atom is -0.464 e. The third-order valence-corrected chi connectivity index (χ3v) is 4.05. The molecule has 6 heteroatoms. The molecule has 0 saturated carbocycles. The number of rotatable bonds is 2. The van der Waals surface area contributed by atoms with E-state index in [9.17, 15) is 4.79 Å². The van der Waals surface area contributed by atoms with E-state index in [4.69, 9.17) is 9.31 Å². The first-order valence-corrected chi connectivity index (χ1v) is 6.58. The van der Waals surface area contributed by atoms with Crippen LogP contribution in [0.2, 0.25) is 0 Å². The van der Waals surface area contributed by atoms with Gasteiger partial charge in [-0.25, -0.2) is 9.78 Å². The Kier molecular flexibility index (Phi) is 3.65. The zero-order valence-corrected chi connectivity index (χ0v) is 12.8. The van der Waals surface area contributed by atoms with Crippen LogP contribution in [0.3, 0.4) is 0 Å². The van der Waals surface area contributed by atoms with Crippen LogP contribution in [0.25, 0.3) is 0 Å². The number of aromatic nitrogens is 1. The molecule has 0 aromatic carbocycles. The van der Waals surface area contributed by atoms with Crippen molar-refractivity contribution in [2.24, 2.45) is 0 Å². The number of esters is 1. The molecule has 0 atom stereocenters. The highest BCUT2D eigenvalue weighted by Crippen LogP contribution is 2.36. The van der Waals surface area contributed by atoms with Gasteiger partial charge in [0.25, 0.3) is 0 Å². The van der Waals surface area contributed by atoms with E-state index in [0.29, 0.717) is 0 Å². The fourth-order valence-electron chi connectivity index (χ4n) is 2.00. The zero-order chi connectivity index (χ0) is 15.1. The number of hydrogen-bond donors (Lipinski definition) is 0. The molecule has 1 aromatic rings. The van der Waals surface area contributed by atoms with E-state index in [2.05, 4.69) is 9.72 Å². The molecule has 1 aromatic heterocycles. The minimum absolute atomic E-state index is 0.283. The van der Waals surface area contributed by atoms with E-state index >= 15 is 0 Å². The van der Waals surface area contributed by atoms with Crippen molar-refractivity contribution < 1.29 is 18.8 Å². The van der Waals surface area contributed by atoms with Crippen molar-refractivity contribution in [2.75, 3.05) is 7.11 Å². The SMILES string of the molecule is COC(=O)c1cc(C)c(B2OC(C)(C)C(C)(C)O2)cn1. The summed E-state index contributed by atoms with van der Waals surface area (Å²) in [7, 11) is 0.862. The van der Waals surface area contributed by atoms with Gasteiger partial charge in [0.1, 0.15) is 5.69 Å². The number of ether oxygens (including phenoxy) is 1. The number of hydrogen-bond acceptors (Lipinski definition) is 5. The molecule has 0 spiro atoms. The van der Waals surface area contributed by atoms with Gasteiger partial charge in [-0.3, -0.25) is 0 Å². The normalized spacial score (nSPS) is 20.0. The molecule has 2 heterocycles. The Balaban J connectivity index is 2.30. The summed E-state index contributed by atoms with van der Waals surface area (Å²) >= 11 is 0. The number of aryl methyl sites for hydroxylation is 1. The molecule has 0 unspecified atom stereocenters. The monoisotopic (exact) mass is 277 g/mol. The topological polar surface area (TPSA) is 57.7 Å². The van der Waals surface area contributed by atoms with Crippen LogP contribution in [0.1, 0.15) is 43.7 Å². The summed E-state index contributed by atoms with van der Waals surface area (Å²) in [4.78, 5) is 15.6. The van der Waals surface area contributed by atoms with Gasteiger partial charge < -0.3 is 14.0 Å². The second-order valence-electron chi connectivity index (χ2n) is 6.01. The van der Waals surface area contributed by atoms with E-state index in [1.165, 1.54) is 7.11 Å². The largest absolute Gasteiger partial charge is 0.496 e. The Hall–Kier alpha value is -1.40. The summed E-state index contributed by atoms with van der Waals surface area (Å²) < 4.78 is 16.6. The van der Waals surface area contributed by atoms with Crippen molar-refractivity contribution in [3.63, 3.8) is 0 Å². The first-order valence-electron chi connectivity index (χ1n) is 6.58. The van der Waals surface area contributed by atoms with Crippen LogP contribution in [0.4, 0.5) is 0 Å². The average Bonchev–Trinajstić information content (AvgIpc) is 2.57. The second-order valence-corrected chi connectivity index (χ2v) is 6.01. The molecular weight excluding hydrogens is 257 g/mol. The molecule has 0 radical (unpaired) electrons. The molecule has 1 saturated heterocycles. The first kappa shape index (κ1) is 15.0. The maximum absolute atomic E-state index is 11.5. The lowest BCUT2D eigenvalue weighted by molar-refractivity contribution is 0.00578. The summed E-state index contributed by atoms with van der Waals surface area (Å²) in [6, 6.07) is 1.69. The van der Waals surface area contributed by atoms with Crippen LogP contribution in [-0.4, -0.2) is 36.4 Å². The van der Waals surface area contributed by atoms with E-state index in [1.54, 1.807) is 12.3 Å². The molecule has 0 N–H and O–H groups in total. The smallest absolute Gasteiger partial charge is 0.464 e. The van der Waals surface area contributed by atoms with Crippen LogP contribution in [0, 0.1) is 6.92 Å². The molecule has 0 amide bonds. The number of carbonyl (C=O) groups is 1. The van der Waals surface area contributed by atoms with Crippen LogP contribution in [0.15, 0.2) is 12.3 Å². The van der Waals surface area contributed by atoms with Crippen LogP contribution in [0.5, 0.6) is 0 Å². The van der Waals surface area contributed by atoms with Gasteiger partial charge in [-0.2, -0.15) is 0 Å². The standard InChI is InChI=1S/C14H20BNO4/c1-9-7-11(12(17)18-6)16-8-10(9)15-19-13(2,3)14(4,5)20-15/h7-8H,1-6H3. The second kappa shape index (κ2) is 4.86. The Morgan fingerprint density at radius 1 is 1.25 bits per heavy atom. The predicted octanol–water partition coefficient (Wildman–Crippen LogP) is 1.48. The lowest BCUT2D eigenvalue weighted by Crippen LogP contribution is -2.41. The Morgan fingerprint density at radius 3 is 2.25 bits per heavy atom. The number of pyridine rings is 1. The third kappa shape index (κ3) is 2.45. The summed E-state index contributed by atoms with van der Waals surface area (Å²) in [5.41, 5.74) is 1.21. The van der Waals surface area contributed by atoms with Gasteiger partial charge >= 0.3 is 13.1 Å². The van der Waals surface area contributed by atoms with E-state index in [-0.39, 0.29) is 5.69 Å². The number of carbonyl (C=O) groups excluding carboxylic acids is 1. The van der Waals surface area contributed by atoms with Crippen molar-refractivity contribution in [2.45, 2.75) is 45.8 Å². The van der Waals surface area contributed by atoms with Crippen LogP contribution in [-0.2, 0) is 14.0 Å². The highest BCUT2D eigenvalue weighted by atomic mass is 16.7. The zero-order valence-electron chi connectivity index (χ0n) is 12.8. The molecule has 20 heavy (non-hydrogen) atoms. The van der Waals surface area contributed by atoms with Crippen LogP contribution >= 0.6 is 0 Å². The molecular formula is C14H20BNO4. The first-order chi connectivity index (χ1) is 9.18. The van der Waals surface area contributed by atoms with Gasteiger partial charge in [-0.05, 0) is 46.2 Å². The highest BCUT2D eigenvalue weighted by molar-refractivity contribution is 6.62. The molecule has 0 bridgehead atoms. The summed E-state index contributed by atoms with van der Waals surface area (Å²) in [5, 5.41) is 0. The van der Waals surface area contributed by atoms with Gasteiger partial charge in [0, 0.05) is 11.7 Å². The fourth-order valence-corrected chi connectivity index (χ4v) is 2.00. The molecule has 1 fully saturated rings. The molecule has 108 valence electrons. The summed E-state index contributed by atoms with van der Waals surface area (Å²) in [5.74, 6) is -0.450. The highest BCUT2D eigenvalue weighted by Gasteiger charge is 2.52. The quantitative estimate of drug-likeness (QED) is 0.605. The minimum atomic E-state index is -0.473. The Bertz CT molecular complexity index is 526. The van der Waals surface area contributed by atoms with E-state index in [1.807, 2.05) is 34.6 Å². The molecule has 1 aliphatic rings. The van der Waals surface area contributed by atoms with Crippen molar-refractivity contribution in [1.29, 1.82) is 0 Å². The van der Waals surface area contributed by atoms with Gasteiger partial charge in [0.2, 0.25) is 0 Å². The Labute approximate surface area is 119 Å². The van der Waals surface area contributed by atoms with E-state index in [0.717, 1.165) is 11.0 Å². The Morgan fingerprint density at radius 2 is 1.80 bits per heavy atom. The number of methoxy groups -OCH3 is 1. The van der Waals surface area contributed by atoms with Gasteiger partial charge in [0.15, 0.2) is 0 Å². The van der Waals surface area contributed by atoms with Crippen molar-refractivity contribution >= 4 is 18.6 Å². The van der Waals surface area contributed by atoms with Gasteiger partial charge in [-0.1, -0.05) is 0 Å². The molecule has 1 aliphatic heterocycles. The van der Waals surface area contributed by atoms with Crippen LogP contribution < -0.4 is 5.46 Å². The number of nitrogens with zero attached hydrogens (tertiary/aromatic N) is 1. The summed E-state index contributed by atoms with van der Waals surface area (Å²) in [6.07, 6.45) is 1.61. The maximum atomic E-state index is 11.5. The summed E-state index contributed by atoms with van der Waals surface area (Å²) in [6.45, 7) is 9.89. The third-order valence-electron chi connectivity index (χ3n) is 4.05. The van der Waals surface area contributed by atoms with Gasteiger partial charge in [0.05, 0.1) is 18.3 Å². The van der Waals surface area contributed by atoms with E-state index < -0.39 is 24.3 Å². The lowest BCUT2D eigenvalue weighted by Gasteiger charge is -2.32. The molecule has 0 aliphatic carbocycles. The average molecular weight is 277 g/mol. The molecule has 2 rings (SSSR count). The van der Waals surface area contributed by atoms with Crippen molar-refractivity contribution in [1.82, 2.24) is 4.98 Å². The van der Waals surface area contributed by atoms with Crippen molar-refractivity contribution in [3.8, 4) is 0 Å². The predicted molar refractivity (Wildman–Crippen MR) is 76.0 cm³/mol. The van der Waals surface area contributed by atoms with Gasteiger partial charge in [-0.15, -0.1) is 0 Å². The van der Waals surface area contributed by atoms with Crippen molar-refractivity contribution in [3.05, 3.63) is 23.5 Å². The molecule has 5 nitrogen and oxygen atoms in total. The fraction of sp³-hybridized carbons (Fsp3) is 0.571. The lowest BCUT2D eigenvalue weighted by atomic mass is 9.77. The maximum Gasteiger partial charge on any atom is 0.496 e.